The molecule has 2 N–H and O–H groups in total. The van der Waals surface area contributed by atoms with E-state index in [1.807, 2.05) is 18.3 Å². The van der Waals surface area contributed by atoms with Crippen molar-refractivity contribution in [1.82, 2.24) is 10.3 Å². The maximum atomic E-state index is 11.7. The predicted octanol–water partition coefficient (Wildman–Crippen LogP) is 2.93. The molecular formula is C16H19BrN2O3. The van der Waals surface area contributed by atoms with E-state index in [-0.39, 0.29) is 18.3 Å². The second kappa shape index (κ2) is 7.98. The van der Waals surface area contributed by atoms with E-state index in [0.29, 0.717) is 19.4 Å². The summed E-state index contributed by atoms with van der Waals surface area (Å²) in [5.74, 6) is -0.316. The van der Waals surface area contributed by atoms with Gasteiger partial charge in [0.25, 0.3) is 0 Å². The van der Waals surface area contributed by atoms with Crippen LogP contribution in [0.1, 0.15) is 24.8 Å². The SMILES string of the molecule is COC(=O)CCCC(=O)NCCc1c[nH]c2cc(Br)ccc12. The van der Waals surface area contributed by atoms with E-state index in [1.54, 1.807) is 0 Å². The summed E-state index contributed by atoms with van der Waals surface area (Å²) < 4.78 is 5.57. The maximum absolute atomic E-state index is 11.7. The van der Waals surface area contributed by atoms with Gasteiger partial charge in [-0.2, -0.15) is 0 Å². The van der Waals surface area contributed by atoms with Gasteiger partial charge in [-0.1, -0.05) is 22.0 Å². The van der Waals surface area contributed by atoms with Crippen LogP contribution in [0.15, 0.2) is 28.9 Å². The molecule has 5 nitrogen and oxygen atoms in total. The van der Waals surface area contributed by atoms with Crippen molar-refractivity contribution in [2.45, 2.75) is 25.7 Å². The Morgan fingerprint density at radius 1 is 1.32 bits per heavy atom. The van der Waals surface area contributed by atoms with Crippen LogP contribution >= 0.6 is 15.9 Å². The van der Waals surface area contributed by atoms with Gasteiger partial charge >= 0.3 is 5.97 Å². The Labute approximate surface area is 137 Å². The van der Waals surface area contributed by atoms with Crippen molar-refractivity contribution >= 4 is 38.7 Å². The van der Waals surface area contributed by atoms with Gasteiger partial charge in [0.2, 0.25) is 5.91 Å². The number of nitrogens with one attached hydrogen (secondary N) is 2. The Hall–Kier alpha value is -1.82. The fourth-order valence-corrected chi connectivity index (χ4v) is 2.65. The first-order valence-corrected chi connectivity index (χ1v) is 7.98. The molecule has 118 valence electrons. The number of esters is 1. The summed E-state index contributed by atoms with van der Waals surface area (Å²) >= 11 is 3.44. The molecule has 0 bridgehead atoms. The summed E-state index contributed by atoms with van der Waals surface area (Å²) in [4.78, 5) is 25.8. The van der Waals surface area contributed by atoms with E-state index in [1.165, 1.54) is 18.1 Å². The van der Waals surface area contributed by atoms with E-state index < -0.39 is 0 Å². The Kier molecular flexibility index (Phi) is 6.00. The molecule has 1 aromatic carbocycles. The number of ether oxygens (including phenoxy) is 1. The highest BCUT2D eigenvalue weighted by Crippen LogP contribution is 2.22. The van der Waals surface area contributed by atoms with Crippen LogP contribution in [-0.2, 0) is 20.7 Å². The predicted molar refractivity (Wildman–Crippen MR) is 88.6 cm³/mol. The zero-order valence-corrected chi connectivity index (χ0v) is 14.0. The molecule has 1 heterocycles. The number of carbonyl (C=O) groups excluding carboxylic acids is 2. The lowest BCUT2D eigenvalue weighted by Gasteiger charge is -2.04. The maximum Gasteiger partial charge on any atom is 0.305 e. The van der Waals surface area contributed by atoms with Crippen molar-refractivity contribution < 1.29 is 14.3 Å². The molecule has 1 aromatic heterocycles. The molecule has 0 fully saturated rings. The zero-order valence-electron chi connectivity index (χ0n) is 12.4. The number of methoxy groups -OCH3 is 1. The number of aromatic nitrogens is 1. The average molecular weight is 367 g/mol. The largest absolute Gasteiger partial charge is 0.469 e. The van der Waals surface area contributed by atoms with E-state index >= 15 is 0 Å². The van der Waals surface area contributed by atoms with E-state index in [0.717, 1.165) is 16.4 Å². The fourth-order valence-electron chi connectivity index (χ4n) is 2.29. The molecule has 0 aliphatic carbocycles. The number of aromatic amines is 1. The summed E-state index contributed by atoms with van der Waals surface area (Å²) in [7, 11) is 1.35. The fraction of sp³-hybridized carbons (Fsp3) is 0.375. The number of amides is 1. The third kappa shape index (κ3) is 4.59. The molecule has 0 saturated heterocycles. The van der Waals surface area contributed by atoms with E-state index in [2.05, 4.69) is 37.0 Å². The standard InChI is InChI=1S/C16H19BrN2O3/c1-22-16(21)4-2-3-15(20)18-8-7-11-10-19-14-9-12(17)5-6-13(11)14/h5-6,9-10,19H,2-4,7-8H2,1H3,(H,18,20). The zero-order chi connectivity index (χ0) is 15.9. The van der Waals surface area contributed by atoms with E-state index in [9.17, 15) is 9.59 Å². The number of H-pyrrole nitrogens is 1. The quantitative estimate of drug-likeness (QED) is 0.740. The lowest BCUT2D eigenvalue weighted by molar-refractivity contribution is -0.140. The molecule has 0 saturated carbocycles. The first-order chi connectivity index (χ1) is 10.6. The molecule has 2 rings (SSSR count). The van der Waals surface area contributed by atoms with Crippen molar-refractivity contribution in [2.75, 3.05) is 13.7 Å². The van der Waals surface area contributed by atoms with Gasteiger partial charge in [-0.25, -0.2) is 0 Å². The number of hydrogen-bond donors (Lipinski definition) is 2. The van der Waals surface area contributed by atoms with Crippen LogP contribution in [0.5, 0.6) is 0 Å². The Morgan fingerprint density at radius 2 is 2.14 bits per heavy atom. The minimum Gasteiger partial charge on any atom is -0.469 e. The molecule has 2 aromatic rings. The van der Waals surface area contributed by atoms with Crippen molar-refractivity contribution in [3.05, 3.63) is 34.4 Å². The van der Waals surface area contributed by atoms with Gasteiger partial charge < -0.3 is 15.0 Å². The smallest absolute Gasteiger partial charge is 0.305 e. The van der Waals surface area contributed by atoms with Crippen molar-refractivity contribution in [2.24, 2.45) is 0 Å². The summed E-state index contributed by atoms with van der Waals surface area (Å²) in [6, 6.07) is 6.10. The first-order valence-electron chi connectivity index (χ1n) is 7.19. The van der Waals surface area contributed by atoms with Gasteiger partial charge in [-0.15, -0.1) is 0 Å². The summed E-state index contributed by atoms with van der Waals surface area (Å²) in [5.41, 5.74) is 2.26. The third-order valence-corrected chi connectivity index (χ3v) is 3.95. The summed E-state index contributed by atoms with van der Waals surface area (Å²) in [5, 5.41) is 4.04. The molecule has 6 heteroatoms. The number of fused-ring (bicyclic) bond motifs is 1. The minimum atomic E-state index is -0.280. The van der Waals surface area contributed by atoms with Gasteiger partial charge in [-0.3, -0.25) is 9.59 Å². The molecule has 0 atom stereocenters. The summed E-state index contributed by atoms with van der Waals surface area (Å²) in [6.45, 7) is 0.583. The molecule has 22 heavy (non-hydrogen) atoms. The Balaban J connectivity index is 1.75. The number of hydrogen-bond acceptors (Lipinski definition) is 3. The van der Waals surface area contributed by atoms with Gasteiger partial charge in [0, 0.05) is 41.0 Å². The highest BCUT2D eigenvalue weighted by atomic mass is 79.9. The lowest BCUT2D eigenvalue weighted by atomic mass is 10.1. The van der Waals surface area contributed by atoms with Crippen LogP contribution < -0.4 is 5.32 Å². The normalized spacial score (nSPS) is 10.6. The number of benzene rings is 1. The second-order valence-electron chi connectivity index (χ2n) is 5.03. The summed E-state index contributed by atoms with van der Waals surface area (Å²) in [6.07, 6.45) is 3.88. The molecule has 0 radical (unpaired) electrons. The van der Waals surface area contributed by atoms with Crippen molar-refractivity contribution in [3.63, 3.8) is 0 Å². The van der Waals surface area contributed by atoms with Crippen molar-refractivity contribution in [3.8, 4) is 0 Å². The van der Waals surface area contributed by atoms with Crippen LogP contribution in [-0.4, -0.2) is 30.5 Å². The Morgan fingerprint density at radius 3 is 2.91 bits per heavy atom. The van der Waals surface area contributed by atoms with E-state index in [4.69, 9.17) is 0 Å². The van der Waals surface area contributed by atoms with Crippen LogP contribution in [0.3, 0.4) is 0 Å². The number of carbonyl (C=O) groups is 2. The number of halogens is 1. The average Bonchev–Trinajstić information content (AvgIpc) is 2.89. The molecule has 0 aliphatic rings. The van der Waals surface area contributed by atoms with Crippen LogP contribution in [0.25, 0.3) is 10.9 Å². The van der Waals surface area contributed by atoms with Gasteiger partial charge in [0.15, 0.2) is 0 Å². The number of rotatable bonds is 7. The first kappa shape index (κ1) is 16.5. The highest BCUT2D eigenvalue weighted by molar-refractivity contribution is 9.10. The molecule has 0 spiro atoms. The monoisotopic (exact) mass is 366 g/mol. The van der Waals surface area contributed by atoms with Gasteiger partial charge in [-0.05, 0) is 30.5 Å². The van der Waals surface area contributed by atoms with Crippen LogP contribution in [0, 0.1) is 0 Å². The van der Waals surface area contributed by atoms with Gasteiger partial charge in [0.1, 0.15) is 0 Å². The Bertz CT molecular complexity index is 666. The highest BCUT2D eigenvalue weighted by Gasteiger charge is 2.07. The third-order valence-electron chi connectivity index (χ3n) is 3.46. The van der Waals surface area contributed by atoms with Gasteiger partial charge in [0.05, 0.1) is 7.11 Å². The lowest BCUT2D eigenvalue weighted by Crippen LogP contribution is -2.25. The topological polar surface area (TPSA) is 71.2 Å². The molecular weight excluding hydrogens is 348 g/mol. The van der Waals surface area contributed by atoms with Crippen molar-refractivity contribution in [1.29, 1.82) is 0 Å². The molecule has 0 aliphatic heterocycles. The minimum absolute atomic E-state index is 0.0357. The molecule has 1 amide bonds. The second-order valence-corrected chi connectivity index (χ2v) is 5.95. The molecule has 0 unspecified atom stereocenters. The van der Waals surface area contributed by atoms with Crippen LogP contribution in [0.4, 0.5) is 0 Å². The van der Waals surface area contributed by atoms with Crippen LogP contribution in [0.2, 0.25) is 0 Å².